The molecular formula is C50H98O6. The molecular weight excluding hydrogens is 697 g/mol. The van der Waals surface area contributed by atoms with Crippen molar-refractivity contribution in [3.05, 3.63) is 23.3 Å². The number of hydrogen-bond acceptors (Lipinski definition) is 6. The molecule has 6 heteroatoms. The predicted molar refractivity (Wildman–Crippen MR) is 241 cm³/mol. The molecule has 4 saturated heterocycles. The average molecular weight is 795 g/mol. The molecule has 0 amide bonds. The highest BCUT2D eigenvalue weighted by Crippen LogP contribution is 2.27. The van der Waals surface area contributed by atoms with Gasteiger partial charge in [-0.25, -0.2) is 0 Å². The summed E-state index contributed by atoms with van der Waals surface area (Å²) in [6, 6.07) is 0. The molecule has 56 heavy (non-hydrogen) atoms. The van der Waals surface area contributed by atoms with Gasteiger partial charge in [-0.2, -0.15) is 0 Å². The third-order valence-electron chi connectivity index (χ3n) is 12.0. The molecule has 0 aromatic heterocycles. The maximum Gasteiger partial charge on any atom is 0.154 e. The Morgan fingerprint density at radius 2 is 0.625 bits per heavy atom. The normalized spacial score (nSPS) is 36.9. The van der Waals surface area contributed by atoms with Crippen LogP contribution in [0.1, 0.15) is 188 Å². The highest BCUT2D eigenvalue weighted by Gasteiger charge is 2.16. The van der Waals surface area contributed by atoms with Gasteiger partial charge in [0.05, 0.1) is 38.6 Å². The Bertz CT molecular complexity index is 769. The predicted octanol–water partition coefficient (Wildman–Crippen LogP) is 14.3. The van der Waals surface area contributed by atoms with Crippen molar-refractivity contribution in [1.82, 2.24) is 0 Å². The van der Waals surface area contributed by atoms with Crippen LogP contribution in [-0.2, 0) is 28.4 Å². The molecule has 3 aliphatic carbocycles. The molecule has 0 spiro atoms. The van der Waals surface area contributed by atoms with Gasteiger partial charge in [0, 0.05) is 26.5 Å². The Labute approximate surface area is 350 Å². The maximum absolute atomic E-state index is 5.39. The molecule has 7 aliphatic rings. The fraction of sp³-hybridized carbons (Fsp3) is 0.920. The van der Waals surface area contributed by atoms with Crippen molar-refractivity contribution in [2.45, 2.75) is 212 Å². The van der Waals surface area contributed by atoms with Gasteiger partial charge < -0.3 is 28.4 Å². The molecule has 6 atom stereocenters. The summed E-state index contributed by atoms with van der Waals surface area (Å²) in [4.78, 5) is 0. The Morgan fingerprint density at radius 1 is 0.339 bits per heavy atom. The average Bonchev–Trinajstić information content (AvgIpc) is 3.18. The standard InChI is InChI=1S/C8H16.2C8H14.2C7H14O.2C6H12O2.H2/c3*1-7-3-5-8(2)6-4-7;2*1-6-3-4-7(2)8-5-6;2*1-5-3-7-6(2)8-4-5;/h7-8H,3-6H2,1-2H3;2*3,8H,4-6H2,1-2H3;2*6-7H,3-5H2,1-2H3;2*5-6H,3-4H2,1-2H3;1H. The first kappa shape index (κ1) is 53.3. The molecule has 0 aromatic rings. The maximum atomic E-state index is 5.39. The van der Waals surface area contributed by atoms with Crippen LogP contribution in [0.5, 0.6) is 0 Å². The zero-order valence-electron chi connectivity index (χ0n) is 39.7. The van der Waals surface area contributed by atoms with Gasteiger partial charge >= 0.3 is 0 Å². The van der Waals surface area contributed by atoms with E-state index in [1.165, 1.54) is 89.9 Å². The minimum atomic E-state index is 0. The van der Waals surface area contributed by atoms with Crippen molar-refractivity contribution in [3.8, 4) is 0 Å². The Kier molecular flexibility index (Phi) is 30.5. The molecule has 334 valence electrons. The van der Waals surface area contributed by atoms with Crippen LogP contribution in [0.2, 0.25) is 0 Å². The van der Waals surface area contributed by atoms with Gasteiger partial charge in [-0.15, -0.1) is 0 Å². The van der Waals surface area contributed by atoms with Crippen molar-refractivity contribution in [2.24, 2.45) is 47.3 Å². The summed E-state index contributed by atoms with van der Waals surface area (Å²) >= 11 is 0. The van der Waals surface area contributed by atoms with E-state index in [1.807, 2.05) is 13.8 Å². The molecule has 7 rings (SSSR count). The first-order valence-electron chi connectivity index (χ1n) is 23.5. The third kappa shape index (κ3) is 30.3. The molecule has 0 N–H and O–H groups in total. The minimum Gasteiger partial charge on any atom is -0.378 e. The molecule has 0 radical (unpaired) electrons. The lowest BCUT2D eigenvalue weighted by Gasteiger charge is -2.24. The second-order valence-corrected chi connectivity index (χ2v) is 19.6. The van der Waals surface area contributed by atoms with Crippen molar-refractivity contribution in [2.75, 3.05) is 39.6 Å². The molecule has 4 aliphatic heterocycles. The van der Waals surface area contributed by atoms with E-state index in [1.54, 1.807) is 11.1 Å². The lowest BCUT2D eigenvalue weighted by atomic mass is 9.84. The van der Waals surface area contributed by atoms with Gasteiger partial charge in [-0.3, -0.25) is 0 Å². The summed E-state index contributed by atoms with van der Waals surface area (Å²) < 4.78 is 31.5. The fourth-order valence-corrected chi connectivity index (χ4v) is 7.04. The molecule has 5 fully saturated rings. The first-order chi connectivity index (χ1) is 26.5. The second-order valence-electron chi connectivity index (χ2n) is 19.6. The summed E-state index contributed by atoms with van der Waals surface area (Å²) in [5, 5.41) is 0. The summed E-state index contributed by atoms with van der Waals surface area (Å²) in [7, 11) is 0. The van der Waals surface area contributed by atoms with E-state index in [0.29, 0.717) is 24.0 Å². The first-order valence-corrected chi connectivity index (χ1v) is 23.5. The fourth-order valence-electron chi connectivity index (χ4n) is 7.04. The number of rotatable bonds is 0. The topological polar surface area (TPSA) is 55.4 Å². The summed E-state index contributed by atoms with van der Waals surface area (Å²) in [6.07, 6.45) is 25.0. The molecule has 0 aromatic carbocycles. The quantitative estimate of drug-likeness (QED) is 0.228. The Balaban J connectivity index is 0.000000640. The largest absolute Gasteiger partial charge is 0.378 e. The summed E-state index contributed by atoms with van der Waals surface area (Å²) in [5.41, 5.74) is 3.17. The summed E-state index contributed by atoms with van der Waals surface area (Å²) in [5.74, 6) is 6.67. The van der Waals surface area contributed by atoms with Crippen molar-refractivity contribution in [1.29, 1.82) is 0 Å². The molecule has 4 heterocycles. The second kappa shape index (κ2) is 32.1. The molecule has 0 bridgehead atoms. The molecule has 6 unspecified atom stereocenters. The van der Waals surface area contributed by atoms with Crippen LogP contribution in [-0.4, -0.2) is 64.4 Å². The van der Waals surface area contributed by atoms with Gasteiger partial charge in [-0.1, -0.05) is 104 Å². The molecule has 1 saturated carbocycles. The van der Waals surface area contributed by atoms with Crippen LogP contribution in [0.3, 0.4) is 0 Å². The van der Waals surface area contributed by atoms with Crippen LogP contribution in [0, 0.1) is 47.3 Å². The zero-order valence-corrected chi connectivity index (χ0v) is 39.7. The van der Waals surface area contributed by atoms with Crippen LogP contribution in [0.15, 0.2) is 23.3 Å². The van der Waals surface area contributed by atoms with E-state index >= 15 is 0 Å². The number of allylic oxidation sites excluding steroid dienone is 4. The van der Waals surface area contributed by atoms with Gasteiger partial charge in [0.25, 0.3) is 0 Å². The van der Waals surface area contributed by atoms with E-state index in [4.69, 9.17) is 28.4 Å². The van der Waals surface area contributed by atoms with E-state index in [-0.39, 0.29) is 14.0 Å². The lowest BCUT2D eigenvalue weighted by Crippen LogP contribution is -2.27. The monoisotopic (exact) mass is 795 g/mol. The number of hydrogen-bond donors (Lipinski definition) is 0. The zero-order chi connectivity index (χ0) is 41.9. The van der Waals surface area contributed by atoms with E-state index in [9.17, 15) is 0 Å². The van der Waals surface area contributed by atoms with Crippen molar-refractivity contribution >= 4 is 0 Å². The highest BCUT2D eigenvalue weighted by molar-refractivity contribution is 5.02. The lowest BCUT2D eigenvalue weighted by molar-refractivity contribution is -0.187. The Morgan fingerprint density at radius 3 is 0.821 bits per heavy atom. The van der Waals surface area contributed by atoms with Gasteiger partial charge in [0.1, 0.15) is 0 Å². The third-order valence-corrected chi connectivity index (χ3v) is 12.0. The van der Waals surface area contributed by atoms with Gasteiger partial charge in [-0.05, 0) is 141 Å². The van der Waals surface area contributed by atoms with Crippen LogP contribution in [0.25, 0.3) is 0 Å². The van der Waals surface area contributed by atoms with Crippen molar-refractivity contribution in [3.63, 3.8) is 0 Å². The minimum absolute atomic E-state index is 0. The highest BCUT2D eigenvalue weighted by atomic mass is 16.7. The van der Waals surface area contributed by atoms with Crippen LogP contribution in [0.4, 0.5) is 0 Å². The molecule has 6 nitrogen and oxygen atoms in total. The van der Waals surface area contributed by atoms with Crippen molar-refractivity contribution < 1.29 is 29.8 Å². The van der Waals surface area contributed by atoms with E-state index in [0.717, 1.165) is 75.1 Å². The van der Waals surface area contributed by atoms with Gasteiger partial charge in [0.2, 0.25) is 0 Å². The SMILES string of the molecule is CC1=CCC(C)CC1.CC1=CCC(C)CC1.CC1CCC(C)CC1.CC1CCC(C)OC1.CC1CCC(C)OC1.CC1COC(C)OC1.CC1COC(C)OC1.[HH]. The number of ether oxygens (including phenoxy) is 6. The van der Waals surface area contributed by atoms with E-state index in [2.05, 4.69) is 95.2 Å². The van der Waals surface area contributed by atoms with Crippen LogP contribution >= 0.6 is 0 Å². The Hall–Kier alpha value is -0.760. The van der Waals surface area contributed by atoms with Gasteiger partial charge in [0.15, 0.2) is 12.6 Å². The van der Waals surface area contributed by atoms with E-state index < -0.39 is 0 Å². The van der Waals surface area contributed by atoms with Crippen LogP contribution < -0.4 is 0 Å². The summed E-state index contributed by atoms with van der Waals surface area (Å²) in [6.45, 7) is 36.0. The smallest absolute Gasteiger partial charge is 0.154 e.